The van der Waals surface area contributed by atoms with E-state index in [0.29, 0.717) is 11.1 Å². The molecule has 0 fully saturated rings. The number of rotatable bonds is 3. The van der Waals surface area contributed by atoms with Crippen molar-refractivity contribution >= 4 is 5.91 Å². The van der Waals surface area contributed by atoms with Crippen LogP contribution in [0.1, 0.15) is 22.8 Å². The fraction of sp³-hybridized carbons (Fsp3) is 0.364. The van der Waals surface area contributed by atoms with E-state index in [4.69, 9.17) is 5.11 Å². The Morgan fingerprint density at radius 2 is 2.27 bits per heavy atom. The zero-order valence-electron chi connectivity index (χ0n) is 8.75. The first-order valence-corrected chi connectivity index (χ1v) is 4.72. The highest BCUT2D eigenvalue weighted by Crippen LogP contribution is 2.10. The number of aliphatic hydroxyl groups is 1. The lowest BCUT2D eigenvalue weighted by molar-refractivity contribution is 0.0921. The Morgan fingerprint density at radius 1 is 1.60 bits per heavy atom. The molecule has 0 saturated carbocycles. The van der Waals surface area contributed by atoms with Gasteiger partial charge in [-0.1, -0.05) is 6.07 Å². The average Bonchev–Trinajstić information content (AvgIpc) is 2.21. The minimum absolute atomic E-state index is 0.139. The second-order valence-corrected chi connectivity index (χ2v) is 3.52. The van der Waals surface area contributed by atoms with E-state index >= 15 is 0 Å². The van der Waals surface area contributed by atoms with Gasteiger partial charge in [-0.15, -0.1) is 0 Å². The minimum atomic E-state index is -0.442. The van der Waals surface area contributed by atoms with Crippen molar-refractivity contribution in [3.05, 3.63) is 35.1 Å². The molecule has 0 unspecified atom stereocenters. The largest absolute Gasteiger partial charge is 0.394 e. The van der Waals surface area contributed by atoms with Gasteiger partial charge in [-0.2, -0.15) is 0 Å². The van der Waals surface area contributed by atoms with E-state index in [0.717, 1.165) is 0 Å². The van der Waals surface area contributed by atoms with Gasteiger partial charge in [0.1, 0.15) is 5.82 Å². The molecule has 0 saturated heterocycles. The van der Waals surface area contributed by atoms with Crippen LogP contribution in [-0.4, -0.2) is 23.7 Å². The predicted molar refractivity (Wildman–Crippen MR) is 55.2 cm³/mol. The minimum Gasteiger partial charge on any atom is -0.394 e. The molecule has 0 aliphatic carbocycles. The van der Waals surface area contributed by atoms with Crippen LogP contribution in [0.4, 0.5) is 4.39 Å². The van der Waals surface area contributed by atoms with Crippen LogP contribution in [0.15, 0.2) is 18.2 Å². The summed E-state index contributed by atoms with van der Waals surface area (Å²) in [6, 6.07) is 3.71. The maximum Gasteiger partial charge on any atom is 0.251 e. The fourth-order valence-electron chi connectivity index (χ4n) is 1.19. The Hall–Kier alpha value is -1.42. The molecule has 3 nitrogen and oxygen atoms in total. The average molecular weight is 211 g/mol. The van der Waals surface area contributed by atoms with Gasteiger partial charge in [-0.3, -0.25) is 4.79 Å². The first-order chi connectivity index (χ1) is 7.04. The monoisotopic (exact) mass is 211 g/mol. The molecule has 1 amide bonds. The third-order valence-corrected chi connectivity index (χ3v) is 2.10. The highest BCUT2D eigenvalue weighted by Gasteiger charge is 2.12. The van der Waals surface area contributed by atoms with Crippen LogP contribution in [0.25, 0.3) is 0 Å². The van der Waals surface area contributed by atoms with E-state index < -0.39 is 5.82 Å². The van der Waals surface area contributed by atoms with E-state index in [1.165, 1.54) is 12.1 Å². The van der Waals surface area contributed by atoms with Crippen LogP contribution in [0.5, 0.6) is 0 Å². The topological polar surface area (TPSA) is 49.3 Å². The van der Waals surface area contributed by atoms with Crippen LogP contribution in [0, 0.1) is 12.7 Å². The summed E-state index contributed by atoms with van der Waals surface area (Å²) in [5.74, 6) is -0.809. The first kappa shape index (κ1) is 11.7. The van der Waals surface area contributed by atoms with Crippen molar-refractivity contribution in [3.63, 3.8) is 0 Å². The van der Waals surface area contributed by atoms with Crippen molar-refractivity contribution in [1.29, 1.82) is 0 Å². The summed E-state index contributed by atoms with van der Waals surface area (Å²) < 4.78 is 12.9. The molecule has 15 heavy (non-hydrogen) atoms. The van der Waals surface area contributed by atoms with Crippen LogP contribution >= 0.6 is 0 Å². The van der Waals surface area contributed by atoms with E-state index in [1.54, 1.807) is 19.9 Å². The third kappa shape index (κ3) is 3.02. The number of hydrogen-bond acceptors (Lipinski definition) is 2. The predicted octanol–water partition coefficient (Wildman–Crippen LogP) is 1.24. The Labute approximate surface area is 87.9 Å². The van der Waals surface area contributed by atoms with Crippen molar-refractivity contribution in [2.24, 2.45) is 0 Å². The van der Waals surface area contributed by atoms with Crippen LogP contribution < -0.4 is 5.32 Å². The second kappa shape index (κ2) is 4.89. The van der Waals surface area contributed by atoms with Crippen LogP contribution in [0.3, 0.4) is 0 Å². The van der Waals surface area contributed by atoms with E-state index in [2.05, 4.69) is 5.32 Å². The van der Waals surface area contributed by atoms with Gasteiger partial charge in [-0.05, 0) is 31.5 Å². The SMILES string of the molecule is Cc1ccc(F)cc1C(=O)N[C@@H](C)CO. The molecular weight excluding hydrogens is 197 g/mol. The van der Waals surface area contributed by atoms with Crippen molar-refractivity contribution in [1.82, 2.24) is 5.32 Å². The molecule has 1 rings (SSSR count). The van der Waals surface area contributed by atoms with Crippen molar-refractivity contribution < 1.29 is 14.3 Å². The van der Waals surface area contributed by atoms with Gasteiger partial charge in [-0.25, -0.2) is 4.39 Å². The number of aryl methyl sites for hydroxylation is 1. The maximum atomic E-state index is 12.9. The van der Waals surface area contributed by atoms with Crippen molar-refractivity contribution in [3.8, 4) is 0 Å². The number of hydrogen-bond donors (Lipinski definition) is 2. The summed E-state index contributed by atoms with van der Waals surface area (Å²) in [6.45, 7) is 3.27. The molecule has 0 spiro atoms. The van der Waals surface area contributed by atoms with E-state index in [-0.39, 0.29) is 18.6 Å². The van der Waals surface area contributed by atoms with Crippen molar-refractivity contribution in [2.75, 3.05) is 6.61 Å². The van der Waals surface area contributed by atoms with E-state index in [1.807, 2.05) is 0 Å². The number of amides is 1. The van der Waals surface area contributed by atoms with Crippen molar-refractivity contribution in [2.45, 2.75) is 19.9 Å². The van der Waals surface area contributed by atoms with Gasteiger partial charge >= 0.3 is 0 Å². The summed E-state index contributed by atoms with van der Waals surface area (Å²) in [5, 5.41) is 11.3. The molecule has 1 aromatic carbocycles. The number of halogens is 1. The third-order valence-electron chi connectivity index (χ3n) is 2.10. The molecule has 82 valence electrons. The Kier molecular flexibility index (Phi) is 3.80. The zero-order chi connectivity index (χ0) is 11.4. The molecule has 1 aromatic rings. The quantitative estimate of drug-likeness (QED) is 0.790. The number of carbonyl (C=O) groups excluding carboxylic acids is 1. The van der Waals surface area contributed by atoms with Gasteiger partial charge in [0.2, 0.25) is 0 Å². The Balaban J connectivity index is 2.86. The van der Waals surface area contributed by atoms with Gasteiger partial charge in [0.15, 0.2) is 0 Å². The van der Waals surface area contributed by atoms with Gasteiger partial charge in [0, 0.05) is 11.6 Å². The standard InChI is InChI=1S/C11H14FNO2/c1-7-3-4-9(12)5-10(7)11(15)13-8(2)6-14/h3-5,8,14H,6H2,1-2H3,(H,13,15)/t8-/m0/s1. The molecule has 4 heteroatoms. The lowest BCUT2D eigenvalue weighted by atomic mass is 10.1. The Bertz CT molecular complexity index is 366. The van der Waals surface area contributed by atoms with Crippen LogP contribution in [0.2, 0.25) is 0 Å². The Morgan fingerprint density at radius 3 is 2.87 bits per heavy atom. The van der Waals surface area contributed by atoms with Crippen LogP contribution in [-0.2, 0) is 0 Å². The molecule has 1 atom stereocenters. The summed E-state index contributed by atoms with van der Waals surface area (Å²) in [6.07, 6.45) is 0. The van der Waals surface area contributed by atoms with Gasteiger partial charge in [0.25, 0.3) is 5.91 Å². The molecule has 0 aromatic heterocycles. The van der Waals surface area contributed by atoms with Gasteiger partial charge < -0.3 is 10.4 Å². The maximum absolute atomic E-state index is 12.9. The summed E-state index contributed by atoms with van der Waals surface area (Å²) in [4.78, 5) is 11.6. The molecule has 2 N–H and O–H groups in total. The molecule has 0 heterocycles. The first-order valence-electron chi connectivity index (χ1n) is 4.72. The highest BCUT2D eigenvalue weighted by atomic mass is 19.1. The number of aliphatic hydroxyl groups excluding tert-OH is 1. The molecular formula is C11H14FNO2. The summed E-state index contributed by atoms with van der Waals surface area (Å²) in [5.41, 5.74) is 1.01. The molecule has 0 radical (unpaired) electrons. The summed E-state index contributed by atoms with van der Waals surface area (Å²) >= 11 is 0. The number of benzene rings is 1. The molecule has 0 aliphatic heterocycles. The smallest absolute Gasteiger partial charge is 0.251 e. The fourth-order valence-corrected chi connectivity index (χ4v) is 1.19. The molecule has 0 aliphatic rings. The van der Waals surface area contributed by atoms with Gasteiger partial charge in [0.05, 0.1) is 6.61 Å². The number of nitrogens with one attached hydrogen (secondary N) is 1. The lowest BCUT2D eigenvalue weighted by Gasteiger charge is -2.12. The molecule has 0 bridgehead atoms. The number of carbonyl (C=O) groups is 1. The summed E-state index contributed by atoms with van der Waals surface area (Å²) in [7, 11) is 0. The lowest BCUT2D eigenvalue weighted by Crippen LogP contribution is -2.35. The van der Waals surface area contributed by atoms with E-state index in [9.17, 15) is 9.18 Å². The second-order valence-electron chi connectivity index (χ2n) is 3.52. The zero-order valence-corrected chi connectivity index (χ0v) is 8.75. The normalized spacial score (nSPS) is 12.3. The highest BCUT2D eigenvalue weighted by molar-refractivity contribution is 5.95.